The van der Waals surface area contributed by atoms with Gasteiger partial charge in [0.25, 0.3) is 17.1 Å². The van der Waals surface area contributed by atoms with Crippen molar-refractivity contribution in [3.8, 4) is 22.6 Å². The third-order valence-corrected chi connectivity index (χ3v) is 20.7. The van der Waals surface area contributed by atoms with Crippen LogP contribution in [0.25, 0.3) is 11.1 Å². The van der Waals surface area contributed by atoms with Crippen LogP contribution in [0.5, 0.6) is 11.5 Å². The molecule has 4 heterocycles. The highest BCUT2D eigenvalue weighted by Crippen LogP contribution is 2.42. The first-order chi connectivity index (χ1) is 46.7. The molecule has 2 aliphatic carbocycles. The first kappa shape index (κ1) is 75.4. The number of β-amino-alcohol motifs (C(OH)–C–C–N with tert-alkyl or cyclic N) is 1. The van der Waals surface area contributed by atoms with Crippen LogP contribution in [0.4, 0.5) is 5.69 Å². The number of phenolic OH excluding ortho intramolecular Hbond substituents is 1. The Bertz CT molecular complexity index is 3200. The average molecular weight is 1400 g/mol. The number of carbonyl (C=O) groups excluding carboxylic acids is 7. The minimum Gasteiger partial charge on any atom is -0.504 e. The maximum absolute atomic E-state index is 15.0. The van der Waals surface area contributed by atoms with Gasteiger partial charge < -0.3 is 96.7 Å². The van der Waals surface area contributed by atoms with Crippen molar-refractivity contribution in [1.29, 1.82) is 0 Å². The van der Waals surface area contributed by atoms with Gasteiger partial charge in [0.1, 0.15) is 36.3 Å². The Balaban J connectivity index is 0.950. The van der Waals surface area contributed by atoms with Crippen LogP contribution in [0, 0.1) is 17.8 Å². The van der Waals surface area contributed by atoms with Gasteiger partial charge in [0.05, 0.1) is 55.9 Å². The number of fused-ring (bicyclic) bond motifs is 2. The van der Waals surface area contributed by atoms with E-state index in [-0.39, 0.29) is 24.2 Å². The fourth-order valence-electron chi connectivity index (χ4n) is 14.7. The van der Waals surface area contributed by atoms with E-state index in [0.717, 1.165) is 83.7 Å². The lowest BCUT2D eigenvalue weighted by atomic mass is 9.72. The standard InChI is InChI=1S/C67H98N10O20S/c1-37-33-77-59(60(37)86)65(91)69-32-48(81)30-50(70-61(87)44-11-9-41(10-12-44)43-15-19-47(20-16-43)75-26-24-74(25-27-75)46-17-13-42(14-18-46)40-6-4-3-5-7-40)62(88)71-56(38(2)80)66(92)76-34-49(82)31-51(76)63(89)72-57(54(85)28-39-8-21-52(83)55(29-39)97-98(94,95)96)64(90)73-58(67(77)93)53(84)22-23-68-45(35-78)36-79/h8-12,15-16,19-21,29,37-38,40,42,45-46,48-51,53-54,56-60,68,78-86,94-96H,3-7,13-14,17-18,22-28,30-36H2,1-2H3,(H,69,91)(H,70,87)(H,71,88)(H,72,89)(H,73,90)/t37-,38+,42?,46?,48+,49+,50-,51-,53+,54+,56-,57-,58-,59-,60-/m0/s1. The van der Waals surface area contributed by atoms with Gasteiger partial charge in [0.15, 0.2) is 11.5 Å². The van der Waals surface area contributed by atoms with E-state index in [1.165, 1.54) is 82.9 Å². The van der Waals surface area contributed by atoms with Gasteiger partial charge in [-0.3, -0.25) is 52.1 Å². The fourth-order valence-corrected chi connectivity index (χ4v) is 15.1. The SMILES string of the molecule is C[C@@H](O)[C@@H]1NC(=O)[C@@H](NC(=O)c2ccc(-c3ccc(N4CCN(C5CCC(C6CCCCC6)CC5)CC4)cc3)cc2)C[C@@H](O)CNC(=O)[C@@H]2[C@@H](O)[C@@H](C)CN2C(=O)[C@H]([C@H](O)CCNC(CO)CO)NC(=O)[C@H]([C@H](O)Cc2ccc(O)c(OS(O)(O)O)c2)NC(=O)[C@@H]2C[C@@H](O)CN2C1=O. The van der Waals surface area contributed by atoms with E-state index in [2.05, 4.69) is 58.0 Å². The van der Waals surface area contributed by atoms with Crippen LogP contribution in [0.15, 0.2) is 66.7 Å². The molecular weight excluding hydrogens is 1300 g/mol. The number of piperazine rings is 1. The molecule has 6 fully saturated rings. The minimum absolute atomic E-state index is 0.0547. The van der Waals surface area contributed by atoms with Crippen molar-refractivity contribution in [2.75, 3.05) is 70.5 Å². The number of nitrogens with zero attached hydrogens (tertiary/aromatic N) is 4. The molecular formula is C67H98N10O20S. The van der Waals surface area contributed by atoms with Crippen molar-refractivity contribution in [3.63, 3.8) is 0 Å². The van der Waals surface area contributed by atoms with Crippen LogP contribution >= 0.6 is 11.2 Å². The highest BCUT2D eigenvalue weighted by Gasteiger charge is 2.50. The molecule has 0 radical (unpaired) electrons. The molecule has 2 saturated carbocycles. The van der Waals surface area contributed by atoms with Gasteiger partial charge >= 0.3 is 0 Å². The lowest BCUT2D eigenvalue weighted by Crippen LogP contribution is -2.64. The van der Waals surface area contributed by atoms with Crippen molar-refractivity contribution < 1.29 is 97.4 Å². The Hall–Kier alpha value is -6.82. The molecule has 3 aromatic rings. The molecule has 0 aromatic heterocycles. The molecule has 98 heavy (non-hydrogen) atoms. The number of amides is 7. The monoisotopic (exact) mass is 1390 g/mol. The molecule has 30 nitrogen and oxygen atoms in total. The van der Waals surface area contributed by atoms with Crippen molar-refractivity contribution in [2.24, 2.45) is 17.8 Å². The van der Waals surface area contributed by atoms with Gasteiger partial charge in [-0.1, -0.05) is 69.4 Å². The highest BCUT2D eigenvalue weighted by molar-refractivity contribution is 8.15. The number of aliphatic hydroxyl groups is 8. The van der Waals surface area contributed by atoms with Gasteiger partial charge in [0.2, 0.25) is 35.4 Å². The lowest BCUT2D eigenvalue weighted by Gasteiger charge is -2.44. The fraction of sp³-hybridized carbons (Fsp3) is 0.627. The highest BCUT2D eigenvalue weighted by atomic mass is 32.3. The number of carbonyl (C=O) groups is 7. The topological polar surface area (TPSA) is 457 Å². The normalized spacial score (nSPS) is 29.1. The predicted molar refractivity (Wildman–Crippen MR) is 358 cm³/mol. The van der Waals surface area contributed by atoms with Crippen molar-refractivity contribution in [3.05, 3.63) is 77.9 Å². The van der Waals surface area contributed by atoms with Crippen LogP contribution in [0.1, 0.15) is 107 Å². The smallest absolute Gasteiger partial charge is 0.266 e. The Morgan fingerprint density at radius 2 is 1.29 bits per heavy atom. The second-order valence-corrected chi connectivity index (χ2v) is 28.4. The number of hydrogen-bond donors (Lipinski definition) is 18. The summed E-state index contributed by atoms with van der Waals surface area (Å²) in [5.74, 6) is -8.50. The van der Waals surface area contributed by atoms with Gasteiger partial charge in [-0.15, -0.1) is 0 Å². The first-order valence-corrected chi connectivity index (χ1v) is 35.5. The van der Waals surface area contributed by atoms with E-state index >= 15 is 0 Å². The third kappa shape index (κ3) is 19.2. The van der Waals surface area contributed by atoms with Crippen molar-refractivity contribution in [2.45, 2.75) is 182 Å². The van der Waals surface area contributed by atoms with Gasteiger partial charge in [-0.2, -0.15) is 0 Å². The summed E-state index contributed by atoms with van der Waals surface area (Å²) in [5, 5.41) is 114. The molecule has 18 N–H and O–H groups in total. The molecule has 0 unspecified atom stereocenters. The molecule has 6 aliphatic rings. The van der Waals surface area contributed by atoms with E-state index in [1.807, 2.05) is 12.1 Å². The Morgan fingerprint density at radius 3 is 1.92 bits per heavy atom. The number of rotatable bonds is 19. The van der Waals surface area contributed by atoms with Gasteiger partial charge in [-0.05, 0) is 110 Å². The van der Waals surface area contributed by atoms with Crippen molar-refractivity contribution >= 4 is 58.2 Å². The van der Waals surface area contributed by atoms with Crippen molar-refractivity contribution in [1.82, 2.24) is 46.6 Å². The lowest BCUT2D eigenvalue weighted by molar-refractivity contribution is -0.147. The molecule has 13 atom stereocenters. The Kier molecular flexibility index (Phi) is 26.2. The molecule has 0 spiro atoms. The zero-order valence-electron chi connectivity index (χ0n) is 55.3. The zero-order chi connectivity index (χ0) is 70.7. The summed E-state index contributed by atoms with van der Waals surface area (Å²) in [6.45, 7) is 3.49. The number of aromatic hydroxyl groups is 1. The minimum atomic E-state index is -4.74. The molecule has 4 aliphatic heterocycles. The quantitative estimate of drug-likeness (QED) is 0.0693. The van der Waals surface area contributed by atoms with E-state index < -0.39 is 201 Å². The summed E-state index contributed by atoms with van der Waals surface area (Å²) >= 11 is -4.74. The van der Waals surface area contributed by atoms with Crippen LogP contribution in [0.3, 0.4) is 0 Å². The second-order valence-electron chi connectivity index (χ2n) is 27.3. The largest absolute Gasteiger partial charge is 0.504 e. The number of aliphatic hydroxyl groups excluding tert-OH is 8. The molecule has 0 bridgehead atoms. The Morgan fingerprint density at radius 1 is 0.673 bits per heavy atom. The number of nitrogens with one attached hydrogen (secondary N) is 6. The molecule has 31 heteroatoms. The first-order valence-electron chi connectivity index (χ1n) is 34.1. The number of benzene rings is 3. The van der Waals surface area contributed by atoms with E-state index in [9.17, 15) is 93.2 Å². The summed E-state index contributed by atoms with van der Waals surface area (Å²) in [5.41, 5.74) is 2.76. The van der Waals surface area contributed by atoms with Crippen LogP contribution in [-0.4, -0.2) is 266 Å². The molecule has 4 saturated heterocycles. The average Bonchev–Trinajstić information content (AvgIpc) is 1.64. The third-order valence-electron chi connectivity index (χ3n) is 20.3. The van der Waals surface area contributed by atoms with E-state index in [4.69, 9.17) is 0 Å². The number of phenols is 1. The Labute approximate surface area is 570 Å². The number of anilines is 1. The maximum Gasteiger partial charge on any atom is 0.266 e. The van der Waals surface area contributed by atoms with E-state index in [1.54, 1.807) is 12.1 Å². The summed E-state index contributed by atoms with van der Waals surface area (Å²) in [6.07, 6.45) is -0.710. The molecule has 9 rings (SSSR count). The van der Waals surface area contributed by atoms with Crippen LogP contribution in [0.2, 0.25) is 0 Å². The van der Waals surface area contributed by atoms with Gasteiger partial charge in [-0.25, -0.2) is 0 Å². The van der Waals surface area contributed by atoms with Crippen LogP contribution in [-0.2, 0) is 35.2 Å². The summed E-state index contributed by atoms with van der Waals surface area (Å²) in [7, 11) is 0. The molecule has 542 valence electrons. The summed E-state index contributed by atoms with van der Waals surface area (Å²) in [6, 6.07) is 5.96. The summed E-state index contributed by atoms with van der Waals surface area (Å²) < 4.78 is 33.4. The molecule has 3 aromatic carbocycles. The second kappa shape index (κ2) is 34.0. The zero-order valence-corrected chi connectivity index (χ0v) is 56.1. The van der Waals surface area contributed by atoms with Crippen LogP contribution < -0.4 is 41.0 Å². The summed E-state index contributed by atoms with van der Waals surface area (Å²) in [4.78, 5) is 109. The predicted octanol–water partition coefficient (Wildman–Crippen LogP) is -0.881. The molecule has 7 amide bonds. The number of hydrogen-bond acceptors (Lipinski definition) is 23. The maximum atomic E-state index is 15.0. The van der Waals surface area contributed by atoms with E-state index in [0.29, 0.717) is 6.04 Å². The van der Waals surface area contributed by atoms with Gasteiger partial charge in [0, 0.05) is 88.3 Å².